The molecule has 0 fully saturated rings. The fraction of sp³-hybridized carbons (Fsp3) is 0.375. The second kappa shape index (κ2) is 9.38. The van der Waals surface area contributed by atoms with Crippen LogP contribution in [0, 0.1) is 0 Å². The summed E-state index contributed by atoms with van der Waals surface area (Å²) in [6.45, 7) is 6.21. The Kier molecular flexibility index (Phi) is 7.20. The number of rotatable bonds is 8. The summed E-state index contributed by atoms with van der Waals surface area (Å²) in [4.78, 5) is 23.3. The van der Waals surface area contributed by atoms with Crippen molar-refractivity contribution >= 4 is 51.4 Å². The van der Waals surface area contributed by atoms with Crippen molar-refractivity contribution in [2.24, 2.45) is 0 Å². The molecular weight excluding hydrogens is 358 g/mol. The highest BCUT2D eigenvalue weighted by Gasteiger charge is 2.17. The van der Waals surface area contributed by atoms with Gasteiger partial charge in [-0.3, -0.25) is 9.59 Å². The van der Waals surface area contributed by atoms with E-state index in [-0.39, 0.29) is 17.1 Å². The van der Waals surface area contributed by atoms with Gasteiger partial charge in [0.25, 0.3) is 0 Å². The van der Waals surface area contributed by atoms with Crippen molar-refractivity contribution in [1.82, 2.24) is 10.2 Å². The summed E-state index contributed by atoms with van der Waals surface area (Å²) in [5.74, 6) is -0.248. The van der Waals surface area contributed by atoms with Crippen molar-refractivity contribution in [1.29, 1.82) is 0 Å². The predicted octanol–water partition coefficient (Wildman–Crippen LogP) is 3.44. The minimum absolute atomic E-state index is 0.115. The van der Waals surface area contributed by atoms with E-state index in [4.69, 9.17) is 0 Å². The molecule has 0 aliphatic heterocycles. The van der Waals surface area contributed by atoms with E-state index in [0.717, 1.165) is 22.4 Å². The van der Waals surface area contributed by atoms with Gasteiger partial charge in [0.05, 0.1) is 5.25 Å². The lowest BCUT2D eigenvalue weighted by atomic mass is 10.2. The number of amides is 2. The van der Waals surface area contributed by atoms with Crippen molar-refractivity contribution in [3.8, 4) is 0 Å². The minimum Gasteiger partial charge on any atom is -0.360 e. The average molecular weight is 380 g/mol. The van der Waals surface area contributed by atoms with Crippen molar-refractivity contribution < 1.29 is 9.59 Å². The van der Waals surface area contributed by atoms with E-state index < -0.39 is 0 Å². The van der Waals surface area contributed by atoms with Crippen LogP contribution in [0.5, 0.6) is 0 Å². The molecule has 0 unspecified atom stereocenters. The van der Waals surface area contributed by atoms with Gasteiger partial charge >= 0.3 is 0 Å². The van der Waals surface area contributed by atoms with Gasteiger partial charge in [-0.25, -0.2) is 0 Å². The maximum Gasteiger partial charge on any atom is 0.237 e. The van der Waals surface area contributed by atoms with Gasteiger partial charge < -0.3 is 16.0 Å². The average Bonchev–Trinajstić information content (AvgIpc) is 3.01. The number of nitrogens with one attached hydrogen (secondary N) is 3. The minimum atomic E-state index is -0.304. The maximum atomic E-state index is 12.3. The van der Waals surface area contributed by atoms with Gasteiger partial charge in [-0.05, 0) is 37.6 Å². The number of anilines is 3. The molecule has 0 radical (unpaired) electrons. The Morgan fingerprint density at radius 2 is 1.80 bits per heavy atom. The maximum absolute atomic E-state index is 12.3. The summed E-state index contributed by atoms with van der Waals surface area (Å²) in [5.41, 5.74) is 1.36. The van der Waals surface area contributed by atoms with Crippen LogP contribution in [0.25, 0.3) is 0 Å². The van der Waals surface area contributed by atoms with Crippen molar-refractivity contribution in [3.63, 3.8) is 0 Å². The number of carbonyl (C=O) groups is 2. The van der Waals surface area contributed by atoms with Gasteiger partial charge in [0.15, 0.2) is 4.34 Å². The first-order valence-electron chi connectivity index (χ1n) is 7.90. The number of nitrogens with zero attached hydrogens (tertiary/aromatic N) is 2. The monoisotopic (exact) mass is 379 g/mol. The molecule has 2 rings (SSSR count). The van der Waals surface area contributed by atoms with Crippen LogP contribution < -0.4 is 16.0 Å². The highest BCUT2D eigenvalue weighted by atomic mass is 32.2. The van der Waals surface area contributed by atoms with Crippen LogP contribution in [-0.4, -0.2) is 33.8 Å². The summed E-state index contributed by atoms with van der Waals surface area (Å²) in [6, 6.07) is 6.98. The van der Waals surface area contributed by atoms with Gasteiger partial charge in [-0.15, -0.1) is 10.2 Å². The molecule has 134 valence electrons. The Morgan fingerprint density at radius 3 is 2.40 bits per heavy atom. The molecule has 9 heteroatoms. The summed E-state index contributed by atoms with van der Waals surface area (Å²) in [7, 11) is 0. The lowest BCUT2D eigenvalue weighted by Crippen LogP contribution is -2.22. The van der Waals surface area contributed by atoms with E-state index in [1.165, 1.54) is 30.0 Å². The van der Waals surface area contributed by atoms with E-state index in [1.54, 1.807) is 24.3 Å². The van der Waals surface area contributed by atoms with Gasteiger partial charge in [-0.1, -0.05) is 30.0 Å². The lowest BCUT2D eigenvalue weighted by molar-refractivity contribution is -0.115. The van der Waals surface area contributed by atoms with Crippen molar-refractivity contribution in [3.05, 3.63) is 24.3 Å². The molecule has 3 N–H and O–H groups in total. The second-order valence-electron chi connectivity index (χ2n) is 5.31. The van der Waals surface area contributed by atoms with Crippen molar-refractivity contribution in [2.75, 3.05) is 22.5 Å². The SMILES string of the molecule is CCCNc1nnc(S[C@H](C)C(=O)Nc2ccc(NC(C)=O)cc2)s1. The lowest BCUT2D eigenvalue weighted by Gasteiger charge is -2.11. The Labute approximate surface area is 155 Å². The standard InChI is InChI=1S/C16H21N5O2S2/c1-4-9-17-15-20-21-16(25-15)24-10(2)14(23)19-13-7-5-12(6-8-13)18-11(3)22/h5-8,10H,4,9H2,1-3H3,(H,17,20)(H,18,22)(H,19,23)/t10-/m1/s1. The molecule has 0 bridgehead atoms. The quantitative estimate of drug-likeness (QED) is 0.608. The Hall–Kier alpha value is -2.13. The molecule has 1 atom stereocenters. The molecule has 2 amide bonds. The summed E-state index contributed by atoms with van der Waals surface area (Å²) in [5, 5.41) is 17.3. The molecule has 1 aromatic heterocycles. The molecule has 1 aromatic carbocycles. The molecule has 7 nitrogen and oxygen atoms in total. The van der Waals surface area contributed by atoms with Crippen LogP contribution >= 0.6 is 23.1 Å². The predicted molar refractivity (Wildman–Crippen MR) is 103 cm³/mol. The summed E-state index contributed by atoms with van der Waals surface area (Å²) >= 11 is 2.81. The number of benzene rings is 1. The topological polar surface area (TPSA) is 96.0 Å². The summed E-state index contributed by atoms with van der Waals surface area (Å²) < 4.78 is 0.752. The Morgan fingerprint density at radius 1 is 1.16 bits per heavy atom. The molecule has 25 heavy (non-hydrogen) atoms. The van der Waals surface area contributed by atoms with Crippen LogP contribution in [0.15, 0.2) is 28.6 Å². The van der Waals surface area contributed by atoms with E-state index in [0.29, 0.717) is 11.4 Å². The fourth-order valence-electron chi connectivity index (χ4n) is 1.85. The third-order valence-electron chi connectivity index (χ3n) is 3.05. The van der Waals surface area contributed by atoms with Gasteiger partial charge in [-0.2, -0.15) is 0 Å². The molecular formula is C16H21N5O2S2. The molecule has 2 aromatic rings. The normalized spacial score (nSPS) is 11.6. The zero-order valence-electron chi connectivity index (χ0n) is 14.3. The third-order valence-corrected chi connectivity index (χ3v) is 5.12. The number of thioether (sulfide) groups is 1. The first kappa shape index (κ1) is 19.2. The first-order chi connectivity index (χ1) is 12.0. The molecule has 0 saturated heterocycles. The van der Waals surface area contributed by atoms with Gasteiger partial charge in [0.1, 0.15) is 0 Å². The van der Waals surface area contributed by atoms with Crippen LogP contribution in [0.1, 0.15) is 27.2 Å². The zero-order valence-corrected chi connectivity index (χ0v) is 16.0. The van der Waals surface area contributed by atoms with E-state index in [1.807, 2.05) is 6.92 Å². The largest absolute Gasteiger partial charge is 0.360 e. The van der Waals surface area contributed by atoms with Crippen LogP contribution in [0.4, 0.5) is 16.5 Å². The van der Waals surface area contributed by atoms with Crippen LogP contribution in [0.2, 0.25) is 0 Å². The number of hydrogen-bond donors (Lipinski definition) is 3. The van der Waals surface area contributed by atoms with Crippen LogP contribution in [0.3, 0.4) is 0 Å². The third kappa shape index (κ3) is 6.35. The van der Waals surface area contributed by atoms with Gasteiger partial charge in [0, 0.05) is 24.8 Å². The van der Waals surface area contributed by atoms with Crippen molar-refractivity contribution in [2.45, 2.75) is 36.8 Å². The smallest absolute Gasteiger partial charge is 0.237 e. The van der Waals surface area contributed by atoms with Crippen LogP contribution in [-0.2, 0) is 9.59 Å². The molecule has 0 saturated carbocycles. The zero-order chi connectivity index (χ0) is 18.2. The number of carbonyl (C=O) groups excluding carboxylic acids is 2. The second-order valence-corrected chi connectivity index (χ2v) is 7.87. The molecule has 0 spiro atoms. The molecule has 1 heterocycles. The number of hydrogen-bond acceptors (Lipinski definition) is 7. The Balaban J connectivity index is 1.87. The molecule has 0 aliphatic carbocycles. The highest BCUT2D eigenvalue weighted by Crippen LogP contribution is 2.29. The molecule has 0 aliphatic rings. The Bertz CT molecular complexity index is 718. The van der Waals surface area contributed by atoms with Gasteiger partial charge in [0.2, 0.25) is 16.9 Å². The summed E-state index contributed by atoms with van der Waals surface area (Å²) in [6.07, 6.45) is 1.02. The number of aromatic nitrogens is 2. The van der Waals surface area contributed by atoms with E-state index in [2.05, 4.69) is 33.1 Å². The first-order valence-corrected chi connectivity index (χ1v) is 9.60. The fourth-order valence-corrected chi connectivity index (χ4v) is 3.77. The van der Waals surface area contributed by atoms with E-state index >= 15 is 0 Å². The van der Waals surface area contributed by atoms with E-state index in [9.17, 15) is 9.59 Å². The highest BCUT2D eigenvalue weighted by molar-refractivity contribution is 8.02.